The quantitative estimate of drug-likeness (QED) is 0.752. The number of methoxy groups -OCH3 is 1. The largest absolute Gasteiger partial charge is 0.395 e. The molecule has 0 saturated carbocycles. The SMILES string of the molecule is COCCN(CCO)C(=O)CCc1ccccc1. The van der Waals surface area contributed by atoms with E-state index in [1.807, 2.05) is 30.3 Å². The summed E-state index contributed by atoms with van der Waals surface area (Å²) >= 11 is 0. The van der Waals surface area contributed by atoms with E-state index in [2.05, 4.69) is 0 Å². The first-order chi connectivity index (χ1) is 8.77. The maximum atomic E-state index is 12.0. The van der Waals surface area contributed by atoms with Gasteiger partial charge in [0.05, 0.1) is 13.2 Å². The summed E-state index contributed by atoms with van der Waals surface area (Å²) in [5, 5.41) is 8.94. The standard InChI is InChI=1S/C14H21NO3/c1-18-12-10-15(9-11-16)14(17)8-7-13-5-3-2-4-6-13/h2-6,16H,7-12H2,1H3. The van der Waals surface area contributed by atoms with Crippen molar-refractivity contribution in [3.05, 3.63) is 35.9 Å². The molecule has 1 aromatic rings. The van der Waals surface area contributed by atoms with Gasteiger partial charge in [-0.25, -0.2) is 0 Å². The zero-order chi connectivity index (χ0) is 13.2. The molecule has 0 aliphatic carbocycles. The predicted molar refractivity (Wildman–Crippen MR) is 70.3 cm³/mol. The van der Waals surface area contributed by atoms with E-state index in [-0.39, 0.29) is 12.5 Å². The zero-order valence-electron chi connectivity index (χ0n) is 10.8. The van der Waals surface area contributed by atoms with Gasteiger partial charge in [-0.05, 0) is 12.0 Å². The van der Waals surface area contributed by atoms with Crippen LogP contribution in [0.5, 0.6) is 0 Å². The molecule has 0 spiro atoms. The van der Waals surface area contributed by atoms with E-state index in [1.165, 1.54) is 0 Å². The average molecular weight is 251 g/mol. The average Bonchev–Trinajstić information content (AvgIpc) is 2.42. The second-order valence-corrected chi connectivity index (χ2v) is 4.08. The number of hydrogen-bond acceptors (Lipinski definition) is 3. The van der Waals surface area contributed by atoms with E-state index in [0.29, 0.717) is 26.1 Å². The summed E-state index contributed by atoms with van der Waals surface area (Å²) in [6.45, 7) is 1.39. The van der Waals surface area contributed by atoms with Crippen molar-refractivity contribution >= 4 is 5.91 Å². The highest BCUT2D eigenvalue weighted by Crippen LogP contribution is 2.04. The van der Waals surface area contributed by atoms with Crippen molar-refractivity contribution in [3.8, 4) is 0 Å². The van der Waals surface area contributed by atoms with Gasteiger partial charge in [0.1, 0.15) is 0 Å². The Hall–Kier alpha value is -1.39. The van der Waals surface area contributed by atoms with E-state index >= 15 is 0 Å². The lowest BCUT2D eigenvalue weighted by Crippen LogP contribution is -2.36. The summed E-state index contributed by atoms with van der Waals surface area (Å²) < 4.78 is 4.96. The highest BCUT2D eigenvalue weighted by Gasteiger charge is 2.12. The minimum Gasteiger partial charge on any atom is -0.395 e. The molecule has 0 heterocycles. The number of amides is 1. The van der Waals surface area contributed by atoms with E-state index in [4.69, 9.17) is 9.84 Å². The number of hydrogen-bond donors (Lipinski definition) is 1. The van der Waals surface area contributed by atoms with Crippen molar-refractivity contribution in [2.45, 2.75) is 12.8 Å². The molecule has 0 aliphatic rings. The van der Waals surface area contributed by atoms with Crippen LogP contribution in [0.2, 0.25) is 0 Å². The Morgan fingerprint density at radius 3 is 2.61 bits per heavy atom. The van der Waals surface area contributed by atoms with Crippen LogP contribution in [0.4, 0.5) is 0 Å². The van der Waals surface area contributed by atoms with Gasteiger partial charge in [0.15, 0.2) is 0 Å². The third kappa shape index (κ3) is 5.29. The second-order valence-electron chi connectivity index (χ2n) is 4.08. The fraction of sp³-hybridized carbons (Fsp3) is 0.500. The fourth-order valence-corrected chi connectivity index (χ4v) is 1.74. The minimum absolute atomic E-state index is 0.0131. The summed E-state index contributed by atoms with van der Waals surface area (Å²) in [6, 6.07) is 9.92. The lowest BCUT2D eigenvalue weighted by Gasteiger charge is -2.21. The van der Waals surface area contributed by atoms with Gasteiger partial charge in [0, 0.05) is 26.6 Å². The highest BCUT2D eigenvalue weighted by atomic mass is 16.5. The van der Waals surface area contributed by atoms with E-state index in [0.717, 1.165) is 12.0 Å². The van der Waals surface area contributed by atoms with Crippen molar-refractivity contribution in [1.29, 1.82) is 0 Å². The van der Waals surface area contributed by atoms with Gasteiger partial charge in [0.2, 0.25) is 5.91 Å². The highest BCUT2D eigenvalue weighted by molar-refractivity contribution is 5.76. The van der Waals surface area contributed by atoms with E-state index in [1.54, 1.807) is 12.0 Å². The van der Waals surface area contributed by atoms with Crippen molar-refractivity contribution in [2.24, 2.45) is 0 Å². The normalized spacial score (nSPS) is 10.3. The molecule has 0 unspecified atom stereocenters. The number of ether oxygens (including phenoxy) is 1. The maximum absolute atomic E-state index is 12.0. The van der Waals surface area contributed by atoms with Gasteiger partial charge in [-0.2, -0.15) is 0 Å². The molecule has 4 nitrogen and oxygen atoms in total. The van der Waals surface area contributed by atoms with Crippen LogP contribution in [0.1, 0.15) is 12.0 Å². The molecule has 0 aliphatic heterocycles. The maximum Gasteiger partial charge on any atom is 0.223 e. The number of aliphatic hydroxyl groups is 1. The molecule has 18 heavy (non-hydrogen) atoms. The number of rotatable bonds is 8. The van der Waals surface area contributed by atoms with Crippen LogP contribution in [0.3, 0.4) is 0 Å². The van der Waals surface area contributed by atoms with Crippen LogP contribution in [0.25, 0.3) is 0 Å². The minimum atomic E-state index is -0.0131. The lowest BCUT2D eigenvalue weighted by atomic mass is 10.1. The Bertz CT molecular complexity index is 340. The molecular weight excluding hydrogens is 230 g/mol. The van der Waals surface area contributed by atoms with Gasteiger partial charge >= 0.3 is 0 Å². The Labute approximate surface area is 108 Å². The Morgan fingerprint density at radius 1 is 1.28 bits per heavy atom. The summed E-state index contributed by atoms with van der Waals surface area (Å²) in [4.78, 5) is 13.6. The molecule has 1 rings (SSSR count). The van der Waals surface area contributed by atoms with Crippen LogP contribution < -0.4 is 0 Å². The van der Waals surface area contributed by atoms with Crippen LogP contribution in [0.15, 0.2) is 30.3 Å². The van der Waals surface area contributed by atoms with Gasteiger partial charge in [0.25, 0.3) is 0 Å². The van der Waals surface area contributed by atoms with Crippen molar-refractivity contribution in [1.82, 2.24) is 4.90 Å². The topological polar surface area (TPSA) is 49.8 Å². The molecule has 1 amide bonds. The molecule has 0 fully saturated rings. The van der Waals surface area contributed by atoms with Crippen molar-refractivity contribution in [3.63, 3.8) is 0 Å². The summed E-state index contributed by atoms with van der Waals surface area (Å²) in [5.41, 5.74) is 1.15. The van der Waals surface area contributed by atoms with Crippen molar-refractivity contribution in [2.75, 3.05) is 33.4 Å². The van der Waals surface area contributed by atoms with Gasteiger partial charge in [-0.1, -0.05) is 30.3 Å². The van der Waals surface area contributed by atoms with Crippen LogP contribution in [-0.4, -0.2) is 49.3 Å². The summed E-state index contributed by atoms with van der Waals surface area (Å²) in [5.74, 6) is 0.0601. The zero-order valence-corrected chi connectivity index (χ0v) is 10.8. The molecule has 0 aromatic heterocycles. The molecule has 0 radical (unpaired) electrons. The van der Waals surface area contributed by atoms with Crippen LogP contribution >= 0.6 is 0 Å². The van der Waals surface area contributed by atoms with Crippen LogP contribution in [-0.2, 0) is 16.0 Å². The second kappa shape index (κ2) is 8.66. The first-order valence-electron chi connectivity index (χ1n) is 6.19. The summed E-state index contributed by atoms with van der Waals surface area (Å²) in [7, 11) is 1.60. The van der Waals surface area contributed by atoms with E-state index < -0.39 is 0 Å². The van der Waals surface area contributed by atoms with Crippen LogP contribution in [0, 0.1) is 0 Å². The molecule has 0 bridgehead atoms. The first-order valence-corrected chi connectivity index (χ1v) is 6.19. The van der Waals surface area contributed by atoms with Gasteiger partial charge in [-0.3, -0.25) is 4.79 Å². The Morgan fingerprint density at radius 2 is 2.00 bits per heavy atom. The molecule has 100 valence electrons. The summed E-state index contributed by atoms with van der Waals surface area (Å²) in [6.07, 6.45) is 1.20. The smallest absolute Gasteiger partial charge is 0.223 e. The molecule has 0 atom stereocenters. The van der Waals surface area contributed by atoms with Gasteiger partial charge < -0.3 is 14.7 Å². The fourth-order valence-electron chi connectivity index (χ4n) is 1.74. The molecular formula is C14H21NO3. The monoisotopic (exact) mass is 251 g/mol. The van der Waals surface area contributed by atoms with Crippen molar-refractivity contribution < 1.29 is 14.6 Å². The van der Waals surface area contributed by atoms with Gasteiger partial charge in [-0.15, -0.1) is 0 Å². The molecule has 1 N–H and O–H groups in total. The Kier molecular flexibility index (Phi) is 7.06. The first kappa shape index (κ1) is 14.7. The number of carbonyl (C=O) groups excluding carboxylic acids is 1. The van der Waals surface area contributed by atoms with E-state index in [9.17, 15) is 4.79 Å². The molecule has 4 heteroatoms. The molecule has 0 saturated heterocycles. The third-order valence-corrected chi connectivity index (χ3v) is 2.76. The number of nitrogens with zero attached hydrogens (tertiary/aromatic N) is 1. The third-order valence-electron chi connectivity index (χ3n) is 2.76. The number of benzene rings is 1. The number of aryl methyl sites for hydroxylation is 1. The number of aliphatic hydroxyl groups excluding tert-OH is 1. The lowest BCUT2D eigenvalue weighted by molar-refractivity contribution is -0.132. The Balaban J connectivity index is 2.40. The number of carbonyl (C=O) groups is 1. The predicted octanol–water partition coefficient (Wildman–Crippen LogP) is 1.09. The molecule has 1 aromatic carbocycles.